The highest BCUT2D eigenvalue weighted by Gasteiger charge is 2.10. The highest BCUT2D eigenvalue weighted by molar-refractivity contribution is 7.09. The first-order chi connectivity index (χ1) is 6.65. The fourth-order valence-electron chi connectivity index (χ4n) is 1.19. The van der Waals surface area contributed by atoms with Crippen LogP contribution >= 0.6 is 11.3 Å². The molecule has 0 saturated heterocycles. The molecule has 0 fully saturated rings. The summed E-state index contributed by atoms with van der Waals surface area (Å²) < 4.78 is 0. The van der Waals surface area contributed by atoms with Gasteiger partial charge < -0.3 is 4.90 Å². The number of rotatable bonds is 4. The quantitative estimate of drug-likeness (QED) is 0.766. The third-order valence-electron chi connectivity index (χ3n) is 2.12. The highest BCUT2D eigenvalue weighted by Crippen LogP contribution is 2.14. The maximum atomic E-state index is 11.5. The molecule has 1 heterocycles. The van der Waals surface area contributed by atoms with Crippen LogP contribution in [0, 0.1) is 6.92 Å². The molecule has 0 aromatic carbocycles. The molecule has 78 valence electrons. The molecule has 3 nitrogen and oxygen atoms in total. The van der Waals surface area contributed by atoms with Gasteiger partial charge in [-0.3, -0.25) is 4.79 Å². The minimum atomic E-state index is 0.209. The molecule has 4 heteroatoms. The van der Waals surface area contributed by atoms with Crippen molar-refractivity contribution in [2.75, 3.05) is 7.05 Å². The van der Waals surface area contributed by atoms with Crippen molar-refractivity contribution >= 4 is 17.2 Å². The van der Waals surface area contributed by atoms with Crippen LogP contribution in [0.2, 0.25) is 0 Å². The van der Waals surface area contributed by atoms with Crippen molar-refractivity contribution in [1.82, 2.24) is 9.88 Å². The zero-order valence-corrected chi connectivity index (χ0v) is 9.73. The van der Waals surface area contributed by atoms with Crippen molar-refractivity contribution < 1.29 is 4.79 Å². The molecule has 0 spiro atoms. The van der Waals surface area contributed by atoms with E-state index in [4.69, 9.17) is 0 Å². The fraction of sp³-hybridized carbons (Fsp3) is 0.600. The molecule has 0 aliphatic rings. The summed E-state index contributed by atoms with van der Waals surface area (Å²) in [5.41, 5.74) is 2.86. The topological polar surface area (TPSA) is 33.2 Å². The van der Waals surface area contributed by atoms with Crippen LogP contribution in [0.1, 0.15) is 30.3 Å². The van der Waals surface area contributed by atoms with Crippen LogP contribution in [0.4, 0.5) is 0 Å². The number of carbonyl (C=O) groups is 1. The number of aryl methyl sites for hydroxylation is 1. The molecule has 1 aromatic rings. The summed E-state index contributed by atoms with van der Waals surface area (Å²) in [6.07, 6.45) is 1.54. The van der Waals surface area contributed by atoms with E-state index >= 15 is 0 Å². The van der Waals surface area contributed by atoms with E-state index in [9.17, 15) is 4.79 Å². The highest BCUT2D eigenvalue weighted by atomic mass is 32.1. The lowest BCUT2D eigenvalue weighted by Gasteiger charge is -2.15. The predicted octanol–water partition coefficient (Wildman–Crippen LogP) is 2.21. The lowest BCUT2D eigenvalue weighted by Crippen LogP contribution is -2.25. The zero-order chi connectivity index (χ0) is 10.6. The van der Waals surface area contributed by atoms with Gasteiger partial charge in [0, 0.05) is 18.3 Å². The van der Waals surface area contributed by atoms with Gasteiger partial charge in [-0.25, -0.2) is 4.98 Å². The summed E-state index contributed by atoms with van der Waals surface area (Å²) in [5.74, 6) is 0.209. The molecule has 1 aromatic heterocycles. The molecule has 0 aliphatic carbocycles. The number of nitrogens with zero attached hydrogens (tertiary/aromatic N) is 2. The molecular formula is C10H16N2OS. The Bertz CT molecular complexity index is 309. The summed E-state index contributed by atoms with van der Waals surface area (Å²) in [4.78, 5) is 18.6. The van der Waals surface area contributed by atoms with Gasteiger partial charge in [0.2, 0.25) is 5.91 Å². The smallest absolute Gasteiger partial charge is 0.222 e. The van der Waals surface area contributed by atoms with E-state index < -0.39 is 0 Å². The average molecular weight is 212 g/mol. The molecule has 0 unspecified atom stereocenters. The maximum absolute atomic E-state index is 11.5. The van der Waals surface area contributed by atoms with Crippen molar-refractivity contribution in [2.24, 2.45) is 0 Å². The Morgan fingerprint density at radius 3 is 2.86 bits per heavy atom. The van der Waals surface area contributed by atoms with Gasteiger partial charge in [-0.2, -0.15) is 0 Å². The van der Waals surface area contributed by atoms with E-state index in [1.807, 2.05) is 26.4 Å². The molecule has 0 bridgehead atoms. The molecule has 0 radical (unpaired) electrons. The predicted molar refractivity (Wildman–Crippen MR) is 58.2 cm³/mol. The number of aromatic nitrogens is 1. The van der Waals surface area contributed by atoms with E-state index in [-0.39, 0.29) is 5.91 Å². The van der Waals surface area contributed by atoms with Crippen LogP contribution in [0.15, 0.2) is 5.51 Å². The largest absolute Gasteiger partial charge is 0.341 e. The lowest BCUT2D eigenvalue weighted by molar-refractivity contribution is -0.130. The minimum Gasteiger partial charge on any atom is -0.341 e. The van der Waals surface area contributed by atoms with E-state index in [1.54, 1.807) is 16.2 Å². The summed E-state index contributed by atoms with van der Waals surface area (Å²) in [7, 11) is 1.84. The molecule has 0 aliphatic heterocycles. The SMILES string of the molecule is CCCC(=O)N(C)Cc1scnc1C. The average Bonchev–Trinajstić information content (AvgIpc) is 2.52. The number of amides is 1. The molecule has 0 N–H and O–H groups in total. The van der Waals surface area contributed by atoms with Crippen LogP contribution in [0.3, 0.4) is 0 Å². The Labute approximate surface area is 88.8 Å². The normalized spacial score (nSPS) is 10.2. The number of thiazole rings is 1. The summed E-state index contributed by atoms with van der Waals surface area (Å²) in [6.45, 7) is 4.68. The third kappa shape index (κ3) is 2.80. The van der Waals surface area contributed by atoms with Gasteiger partial charge in [0.05, 0.1) is 17.7 Å². The second-order valence-corrected chi connectivity index (χ2v) is 4.30. The van der Waals surface area contributed by atoms with Gasteiger partial charge in [-0.1, -0.05) is 6.92 Å². The van der Waals surface area contributed by atoms with Gasteiger partial charge in [0.15, 0.2) is 0 Å². The fourth-order valence-corrected chi connectivity index (χ4v) is 2.02. The van der Waals surface area contributed by atoms with E-state index in [0.29, 0.717) is 13.0 Å². The molecule has 1 amide bonds. The van der Waals surface area contributed by atoms with Crippen LogP contribution in [0.5, 0.6) is 0 Å². The summed E-state index contributed by atoms with van der Waals surface area (Å²) >= 11 is 1.61. The van der Waals surface area contributed by atoms with Crippen molar-refractivity contribution in [3.63, 3.8) is 0 Å². The summed E-state index contributed by atoms with van der Waals surface area (Å²) in [6, 6.07) is 0. The first-order valence-electron chi connectivity index (χ1n) is 4.78. The Balaban J connectivity index is 2.52. The van der Waals surface area contributed by atoms with Gasteiger partial charge >= 0.3 is 0 Å². The molecule has 0 atom stereocenters. The van der Waals surface area contributed by atoms with E-state index in [0.717, 1.165) is 12.1 Å². The van der Waals surface area contributed by atoms with Crippen LogP contribution < -0.4 is 0 Å². The van der Waals surface area contributed by atoms with Crippen molar-refractivity contribution in [2.45, 2.75) is 33.2 Å². The second-order valence-electron chi connectivity index (χ2n) is 3.36. The molecule has 14 heavy (non-hydrogen) atoms. The van der Waals surface area contributed by atoms with Gasteiger partial charge in [-0.15, -0.1) is 11.3 Å². The van der Waals surface area contributed by atoms with Crippen molar-refractivity contribution in [3.05, 3.63) is 16.1 Å². The van der Waals surface area contributed by atoms with E-state index in [1.165, 1.54) is 4.88 Å². The molecule has 1 rings (SSSR count). The number of carbonyl (C=O) groups excluding carboxylic acids is 1. The second kappa shape index (κ2) is 5.10. The molecule has 0 saturated carbocycles. The Morgan fingerprint density at radius 2 is 2.36 bits per heavy atom. The van der Waals surface area contributed by atoms with Crippen LogP contribution in [-0.4, -0.2) is 22.8 Å². The van der Waals surface area contributed by atoms with Gasteiger partial charge in [0.25, 0.3) is 0 Å². The van der Waals surface area contributed by atoms with E-state index in [2.05, 4.69) is 4.98 Å². The van der Waals surface area contributed by atoms with Crippen LogP contribution in [-0.2, 0) is 11.3 Å². The molecular weight excluding hydrogens is 196 g/mol. The zero-order valence-electron chi connectivity index (χ0n) is 8.91. The van der Waals surface area contributed by atoms with Gasteiger partial charge in [0.1, 0.15) is 0 Å². The first kappa shape index (κ1) is 11.2. The first-order valence-corrected chi connectivity index (χ1v) is 5.66. The number of hydrogen-bond acceptors (Lipinski definition) is 3. The monoisotopic (exact) mass is 212 g/mol. The Hall–Kier alpha value is -0.900. The third-order valence-corrected chi connectivity index (χ3v) is 3.04. The van der Waals surface area contributed by atoms with Crippen molar-refractivity contribution in [1.29, 1.82) is 0 Å². The van der Waals surface area contributed by atoms with Crippen molar-refractivity contribution in [3.8, 4) is 0 Å². The maximum Gasteiger partial charge on any atom is 0.222 e. The number of hydrogen-bond donors (Lipinski definition) is 0. The Morgan fingerprint density at radius 1 is 1.64 bits per heavy atom. The minimum absolute atomic E-state index is 0.209. The van der Waals surface area contributed by atoms with Crippen LogP contribution in [0.25, 0.3) is 0 Å². The lowest BCUT2D eigenvalue weighted by atomic mass is 10.3. The summed E-state index contributed by atoms with van der Waals surface area (Å²) in [5, 5.41) is 0. The van der Waals surface area contributed by atoms with Gasteiger partial charge in [-0.05, 0) is 13.3 Å². The Kier molecular flexibility index (Phi) is 4.07. The standard InChI is InChI=1S/C10H16N2OS/c1-4-5-10(13)12(3)6-9-8(2)11-7-14-9/h7H,4-6H2,1-3H3.